The average Bonchev–Trinajstić information content (AvgIpc) is 2.60. The Kier molecular flexibility index (Phi) is 3.57. The first-order valence-electron chi connectivity index (χ1n) is 7.11. The molecule has 1 unspecified atom stereocenters. The fourth-order valence-electron chi connectivity index (χ4n) is 2.83. The Bertz CT molecular complexity index is 629. The molecule has 3 rings (SSSR count). The highest BCUT2D eigenvalue weighted by Gasteiger charge is 2.15. The van der Waals surface area contributed by atoms with Gasteiger partial charge < -0.3 is 11.5 Å². The van der Waals surface area contributed by atoms with Gasteiger partial charge in [-0.15, -0.1) is 0 Å². The highest BCUT2D eigenvalue weighted by molar-refractivity contribution is 5.73. The van der Waals surface area contributed by atoms with Gasteiger partial charge in [0.25, 0.3) is 0 Å². The van der Waals surface area contributed by atoms with Crippen LogP contribution in [0.2, 0.25) is 0 Å². The summed E-state index contributed by atoms with van der Waals surface area (Å²) in [5.74, 6) is 0. The van der Waals surface area contributed by atoms with Gasteiger partial charge in [-0.25, -0.2) is 0 Å². The number of aryl methyl sites for hydroxylation is 1. The van der Waals surface area contributed by atoms with Crippen molar-refractivity contribution in [2.45, 2.75) is 25.3 Å². The highest BCUT2D eigenvalue weighted by atomic mass is 14.6. The van der Waals surface area contributed by atoms with Crippen LogP contribution in [-0.2, 0) is 12.8 Å². The number of benzene rings is 2. The Morgan fingerprint density at radius 1 is 1.05 bits per heavy atom. The summed E-state index contributed by atoms with van der Waals surface area (Å²) in [6.45, 7) is 0. The van der Waals surface area contributed by atoms with Crippen LogP contribution in [-0.4, -0.2) is 6.04 Å². The molecule has 2 heteroatoms. The SMILES string of the molecule is Nc1ccc2c(c1)C(Cc1ccccc1)=CC(N)CC2. The molecule has 2 aromatic carbocycles. The van der Waals surface area contributed by atoms with E-state index in [1.807, 2.05) is 12.1 Å². The molecule has 0 saturated carbocycles. The summed E-state index contributed by atoms with van der Waals surface area (Å²) in [6.07, 6.45) is 5.13. The highest BCUT2D eigenvalue weighted by Crippen LogP contribution is 2.29. The molecule has 102 valence electrons. The number of anilines is 1. The summed E-state index contributed by atoms with van der Waals surface area (Å²) in [7, 11) is 0. The standard InChI is InChI=1S/C18H20N2/c19-16-8-6-14-7-9-17(20)12-18(14)15(11-16)10-13-4-2-1-3-5-13/h1-5,7,9,11-12,16H,6,8,10,19-20H2. The molecule has 0 aromatic heterocycles. The molecule has 1 aliphatic rings. The van der Waals surface area contributed by atoms with Crippen LogP contribution in [0.5, 0.6) is 0 Å². The zero-order valence-electron chi connectivity index (χ0n) is 11.5. The topological polar surface area (TPSA) is 52.0 Å². The van der Waals surface area contributed by atoms with Gasteiger partial charge in [0, 0.05) is 11.7 Å². The molecule has 0 aliphatic heterocycles. The van der Waals surface area contributed by atoms with Crippen LogP contribution < -0.4 is 11.5 Å². The third-order valence-electron chi connectivity index (χ3n) is 3.88. The van der Waals surface area contributed by atoms with Gasteiger partial charge in [-0.1, -0.05) is 42.5 Å². The van der Waals surface area contributed by atoms with Crippen molar-refractivity contribution in [2.75, 3.05) is 5.73 Å². The number of hydrogen-bond acceptors (Lipinski definition) is 2. The quantitative estimate of drug-likeness (QED) is 0.819. The third-order valence-corrected chi connectivity index (χ3v) is 3.88. The minimum atomic E-state index is 0.127. The lowest BCUT2D eigenvalue weighted by Crippen LogP contribution is -2.16. The van der Waals surface area contributed by atoms with E-state index in [-0.39, 0.29) is 6.04 Å². The molecule has 20 heavy (non-hydrogen) atoms. The van der Waals surface area contributed by atoms with Gasteiger partial charge in [-0.3, -0.25) is 0 Å². The second kappa shape index (κ2) is 5.51. The molecule has 0 saturated heterocycles. The normalized spacial score (nSPS) is 18.1. The maximum absolute atomic E-state index is 6.19. The first kappa shape index (κ1) is 12.9. The lowest BCUT2D eigenvalue weighted by atomic mass is 9.94. The third kappa shape index (κ3) is 2.75. The van der Waals surface area contributed by atoms with Gasteiger partial charge in [0.2, 0.25) is 0 Å². The Morgan fingerprint density at radius 2 is 1.85 bits per heavy atom. The second-order valence-corrected chi connectivity index (χ2v) is 5.47. The molecule has 2 aromatic rings. The lowest BCUT2D eigenvalue weighted by Gasteiger charge is -2.12. The van der Waals surface area contributed by atoms with Gasteiger partial charge >= 0.3 is 0 Å². The number of nitrogens with two attached hydrogens (primary N) is 2. The largest absolute Gasteiger partial charge is 0.399 e. The molecule has 1 atom stereocenters. The van der Waals surface area contributed by atoms with Crippen LogP contribution >= 0.6 is 0 Å². The minimum Gasteiger partial charge on any atom is -0.399 e. The van der Waals surface area contributed by atoms with Gasteiger partial charge in [-0.2, -0.15) is 0 Å². The monoisotopic (exact) mass is 264 g/mol. The van der Waals surface area contributed by atoms with E-state index in [2.05, 4.69) is 42.5 Å². The Morgan fingerprint density at radius 3 is 2.65 bits per heavy atom. The van der Waals surface area contributed by atoms with Crippen molar-refractivity contribution < 1.29 is 0 Å². The Hall–Kier alpha value is -2.06. The molecule has 2 nitrogen and oxygen atoms in total. The van der Waals surface area contributed by atoms with E-state index in [1.54, 1.807) is 0 Å². The van der Waals surface area contributed by atoms with Crippen molar-refractivity contribution in [3.63, 3.8) is 0 Å². The summed E-state index contributed by atoms with van der Waals surface area (Å²) < 4.78 is 0. The van der Waals surface area contributed by atoms with Crippen molar-refractivity contribution in [1.82, 2.24) is 0 Å². The zero-order valence-corrected chi connectivity index (χ0v) is 11.5. The van der Waals surface area contributed by atoms with E-state index in [1.165, 1.54) is 22.3 Å². The molecule has 4 N–H and O–H groups in total. The molecule has 1 aliphatic carbocycles. The summed E-state index contributed by atoms with van der Waals surface area (Å²) in [6, 6.07) is 16.8. The Balaban J connectivity index is 2.01. The summed E-state index contributed by atoms with van der Waals surface area (Å²) in [4.78, 5) is 0. The zero-order chi connectivity index (χ0) is 13.9. The Labute approximate surface area is 120 Å². The maximum atomic E-state index is 6.19. The van der Waals surface area contributed by atoms with Crippen LogP contribution in [0.4, 0.5) is 5.69 Å². The van der Waals surface area contributed by atoms with Crippen LogP contribution in [0.25, 0.3) is 5.57 Å². The predicted molar refractivity (Wildman–Crippen MR) is 85.3 cm³/mol. The molecule has 0 fully saturated rings. The lowest BCUT2D eigenvalue weighted by molar-refractivity contribution is 0.727. The minimum absolute atomic E-state index is 0.127. The summed E-state index contributed by atoms with van der Waals surface area (Å²) in [5, 5.41) is 0. The number of nitrogen functional groups attached to an aromatic ring is 1. The maximum Gasteiger partial charge on any atom is 0.0320 e. The molecule has 0 amide bonds. The van der Waals surface area contributed by atoms with E-state index in [4.69, 9.17) is 11.5 Å². The van der Waals surface area contributed by atoms with Crippen LogP contribution in [0, 0.1) is 0 Å². The fraction of sp³-hybridized carbons (Fsp3) is 0.222. The summed E-state index contributed by atoms with van der Waals surface area (Å²) >= 11 is 0. The van der Waals surface area contributed by atoms with Crippen LogP contribution in [0.15, 0.2) is 54.6 Å². The smallest absolute Gasteiger partial charge is 0.0320 e. The molecular weight excluding hydrogens is 244 g/mol. The van der Waals surface area contributed by atoms with Crippen molar-refractivity contribution in [3.8, 4) is 0 Å². The number of hydrogen-bond donors (Lipinski definition) is 2. The van der Waals surface area contributed by atoms with E-state index in [9.17, 15) is 0 Å². The summed E-state index contributed by atoms with van der Waals surface area (Å²) in [5.41, 5.74) is 18.2. The van der Waals surface area contributed by atoms with E-state index >= 15 is 0 Å². The first-order chi connectivity index (χ1) is 9.72. The second-order valence-electron chi connectivity index (χ2n) is 5.47. The number of rotatable bonds is 2. The first-order valence-corrected chi connectivity index (χ1v) is 7.11. The average molecular weight is 264 g/mol. The molecule has 0 spiro atoms. The van der Waals surface area contributed by atoms with Crippen molar-refractivity contribution in [2.24, 2.45) is 5.73 Å². The van der Waals surface area contributed by atoms with Gasteiger partial charge in [0.1, 0.15) is 0 Å². The van der Waals surface area contributed by atoms with Gasteiger partial charge in [0.05, 0.1) is 0 Å². The van der Waals surface area contributed by atoms with E-state index in [0.717, 1.165) is 24.9 Å². The van der Waals surface area contributed by atoms with E-state index in [0.29, 0.717) is 0 Å². The van der Waals surface area contributed by atoms with Crippen molar-refractivity contribution >= 4 is 11.3 Å². The molecule has 0 radical (unpaired) electrons. The fourth-order valence-corrected chi connectivity index (χ4v) is 2.83. The molecule has 0 bridgehead atoms. The van der Waals surface area contributed by atoms with Crippen molar-refractivity contribution in [3.05, 3.63) is 71.3 Å². The van der Waals surface area contributed by atoms with Gasteiger partial charge in [0.15, 0.2) is 0 Å². The van der Waals surface area contributed by atoms with Crippen LogP contribution in [0.1, 0.15) is 23.1 Å². The number of fused-ring (bicyclic) bond motifs is 1. The van der Waals surface area contributed by atoms with Crippen molar-refractivity contribution in [1.29, 1.82) is 0 Å². The molecule has 0 heterocycles. The number of allylic oxidation sites excluding steroid dienone is 1. The van der Waals surface area contributed by atoms with E-state index < -0.39 is 0 Å². The molecular formula is C18H20N2. The predicted octanol–water partition coefficient (Wildman–Crippen LogP) is 3.17. The van der Waals surface area contributed by atoms with Gasteiger partial charge in [-0.05, 0) is 53.7 Å². The van der Waals surface area contributed by atoms with Crippen LogP contribution in [0.3, 0.4) is 0 Å².